The van der Waals surface area contributed by atoms with E-state index in [2.05, 4.69) is 4.98 Å². The van der Waals surface area contributed by atoms with Crippen molar-refractivity contribution in [3.8, 4) is 0 Å². The van der Waals surface area contributed by atoms with Gasteiger partial charge in [-0.15, -0.1) is 0 Å². The summed E-state index contributed by atoms with van der Waals surface area (Å²) in [6.45, 7) is 7.96. The molecule has 1 aromatic rings. The molecule has 0 spiro atoms. The standard InChI is InChI=1S/C15H20BNO4/c1-14(2)15(3,4)21-16(20-14)9-8-11-7-6-10-17-12(11)13(18)19-5/h6-10H,1-5H3/b9-8+. The highest BCUT2D eigenvalue weighted by Gasteiger charge is 2.50. The minimum Gasteiger partial charge on any atom is -0.464 e. The van der Waals surface area contributed by atoms with Gasteiger partial charge in [0.25, 0.3) is 0 Å². The van der Waals surface area contributed by atoms with E-state index in [1.807, 2.05) is 27.7 Å². The number of ether oxygens (including phenoxy) is 1. The van der Waals surface area contributed by atoms with Crippen LogP contribution in [0.2, 0.25) is 0 Å². The van der Waals surface area contributed by atoms with Gasteiger partial charge < -0.3 is 14.0 Å². The van der Waals surface area contributed by atoms with Gasteiger partial charge in [0, 0.05) is 11.8 Å². The number of carbonyl (C=O) groups excluding carboxylic acids is 1. The zero-order valence-corrected chi connectivity index (χ0v) is 13.0. The van der Waals surface area contributed by atoms with Gasteiger partial charge >= 0.3 is 13.1 Å². The first kappa shape index (κ1) is 15.7. The smallest absolute Gasteiger partial charge is 0.464 e. The lowest BCUT2D eigenvalue weighted by Crippen LogP contribution is -2.41. The molecule has 0 radical (unpaired) electrons. The second-order valence-corrected chi connectivity index (χ2v) is 5.92. The first-order valence-electron chi connectivity index (χ1n) is 6.84. The maximum Gasteiger partial charge on any atom is 0.487 e. The van der Waals surface area contributed by atoms with Crippen LogP contribution in [0, 0.1) is 0 Å². The molecular formula is C15H20BNO4. The fraction of sp³-hybridized carbons (Fsp3) is 0.467. The number of nitrogens with zero attached hydrogens (tertiary/aromatic N) is 1. The van der Waals surface area contributed by atoms with Gasteiger partial charge in [0.2, 0.25) is 0 Å². The van der Waals surface area contributed by atoms with Crippen molar-refractivity contribution in [2.24, 2.45) is 0 Å². The fourth-order valence-corrected chi connectivity index (χ4v) is 1.97. The Morgan fingerprint density at radius 1 is 1.29 bits per heavy atom. The van der Waals surface area contributed by atoms with Gasteiger partial charge in [0.15, 0.2) is 5.69 Å². The van der Waals surface area contributed by atoms with Crippen LogP contribution in [0.4, 0.5) is 0 Å². The topological polar surface area (TPSA) is 57.7 Å². The number of hydrogen-bond donors (Lipinski definition) is 0. The third-order valence-corrected chi connectivity index (χ3v) is 3.92. The van der Waals surface area contributed by atoms with Crippen molar-refractivity contribution in [3.63, 3.8) is 0 Å². The van der Waals surface area contributed by atoms with Crippen LogP contribution in [0.1, 0.15) is 43.7 Å². The van der Waals surface area contributed by atoms with Gasteiger partial charge in [-0.3, -0.25) is 0 Å². The maximum atomic E-state index is 11.7. The third-order valence-electron chi connectivity index (χ3n) is 3.92. The summed E-state index contributed by atoms with van der Waals surface area (Å²) in [5.74, 6) is 1.31. The Morgan fingerprint density at radius 3 is 2.48 bits per heavy atom. The Bertz CT molecular complexity index is 553. The molecule has 112 valence electrons. The Kier molecular flexibility index (Phi) is 4.21. The summed E-state index contributed by atoms with van der Waals surface area (Å²) in [6, 6.07) is 3.55. The number of esters is 1. The van der Waals surface area contributed by atoms with Crippen LogP contribution < -0.4 is 0 Å². The van der Waals surface area contributed by atoms with Crippen molar-refractivity contribution in [2.45, 2.75) is 38.9 Å². The molecule has 0 amide bonds. The Labute approximate surface area is 125 Å². The number of rotatable bonds is 3. The monoisotopic (exact) mass is 289 g/mol. The average Bonchev–Trinajstić information content (AvgIpc) is 2.64. The lowest BCUT2D eigenvalue weighted by Gasteiger charge is -2.32. The van der Waals surface area contributed by atoms with Crippen molar-refractivity contribution >= 4 is 19.2 Å². The molecule has 0 aliphatic carbocycles. The molecule has 1 fully saturated rings. The molecule has 0 bridgehead atoms. The van der Waals surface area contributed by atoms with Crippen LogP contribution in [0.15, 0.2) is 24.3 Å². The van der Waals surface area contributed by atoms with Gasteiger partial charge in [0.05, 0.1) is 18.3 Å². The summed E-state index contributed by atoms with van der Waals surface area (Å²) in [6.07, 6.45) is 3.32. The molecule has 6 heteroatoms. The molecule has 2 rings (SSSR count). The van der Waals surface area contributed by atoms with E-state index < -0.39 is 13.1 Å². The van der Waals surface area contributed by atoms with Gasteiger partial charge in [-0.2, -0.15) is 0 Å². The summed E-state index contributed by atoms with van der Waals surface area (Å²) < 4.78 is 16.5. The van der Waals surface area contributed by atoms with Gasteiger partial charge in [-0.25, -0.2) is 9.78 Å². The molecule has 1 aliphatic heterocycles. The number of carbonyl (C=O) groups is 1. The van der Waals surface area contributed by atoms with E-state index in [0.717, 1.165) is 0 Å². The summed E-state index contributed by atoms with van der Waals surface area (Å²) in [5.41, 5.74) is 0.163. The molecule has 21 heavy (non-hydrogen) atoms. The van der Waals surface area contributed by atoms with Crippen LogP contribution in [0.25, 0.3) is 6.08 Å². The van der Waals surface area contributed by atoms with Gasteiger partial charge in [-0.1, -0.05) is 18.1 Å². The lowest BCUT2D eigenvalue weighted by molar-refractivity contribution is 0.00578. The highest BCUT2D eigenvalue weighted by Crippen LogP contribution is 2.37. The van der Waals surface area contributed by atoms with E-state index in [9.17, 15) is 4.79 Å². The third kappa shape index (κ3) is 3.17. The highest BCUT2D eigenvalue weighted by atomic mass is 16.7. The van der Waals surface area contributed by atoms with E-state index in [0.29, 0.717) is 5.56 Å². The van der Waals surface area contributed by atoms with Crippen LogP contribution in [0.5, 0.6) is 0 Å². The zero-order valence-electron chi connectivity index (χ0n) is 13.0. The molecule has 0 atom stereocenters. The fourth-order valence-electron chi connectivity index (χ4n) is 1.97. The van der Waals surface area contributed by atoms with Crippen LogP contribution in [-0.2, 0) is 14.0 Å². The van der Waals surface area contributed by atoms with Gasteiger partial charge in [-0.05, 0) is 33.8 Å². The first-order valence-corrected chi connectivity index (χ1v) is 6.84. The lowest BCUT2D eigenvalue weighted by atomic mass is 9.89. The Hall–Kier alpha value is -1.66. The number of aromatic nitrogens is 1. The largest absolute Gasteiger partial charge is 0.487 e. The number of methoxy groups -OCH3 is 1. The zero-order chi connectivity index (χ0) is 15.7. The maximum absolute atomic E-state index is 11.7. The Morgan fingerprint density at radius 2 is 1.90 bits per heavy atom. The number of pyridine rings is 1. The van der Waals surface area contributed by atoms with Crippen molar-refractivity contribution in [3.05, 3.63) is 35.6 Å². The summed E-state index contributed by atoms with van der Waals surface area (Å²) in [7, 11) is 0.874. The van der Waals surface area contributed by atoms with E-state index in [1.165, 1.54) is 7.11 Å². The predicted molar refractivity (Wildman–Crippen MR) is 80.7 cm³/mol. The van der Waals surface area contributed by atoms with E-state index >= 15 is 0 Å². The van der Waals surface area contributed by atoms with Crippen LogP contribution in [-0.4, -0.2) is 36.4 Å². The quantitative estimate of drug-likeness (QED) is 0.632. The molecule has 2 heterocycles. The first-order chi connectivity index (χ1) is 9.77. The van der Waals surface area contributed by atoms with Crippen molar-refractivity contribution in [1.29, 1.82) is 0 Å². The van der Waals surface area contributed by atoms with Crippen LogP contribution >= 0.6 is 0 Å². The van der Waals surface area contributed by atoms with E-state index in [4.69, 9.17) is 14.0 Å². The molecule has 1 saturated heterocycles. The SMILES string of the molecule is COC(=O)c1ncccc1/C=C/B1OC(C)(C)C(C)(C)O1. The molecular weight excluding hydrogens is 269 g/mol. The molecule has 0 saturated carbocycles. The van der Waals surface area contributed by atoms with Crippen molar-refractivity contribution < 1.29 is 18.8 Å². The van der Waals surface area contributed by atoms with Crippen molar-refractivity contribution in [1.82, 2.24) is 4.98 Å². The highest BCUT2D eigenvalue weighted by molar-refractivity contribution is 6.52. The molecule has 5 nitrogen and oxygen atoms in total. The average molecular weight is 289 g/mol. The van der Waals surface area contributed by atoms with Crippen molar-refractivity contribution in [2.75, 3.05) is 7.11 Å². The predicted octanol–water partition coefficient (Wildman–Crippen LogP) is 2.51. The number of hydrogen-bond acceptors (Lipinski definition) is 5. The minimum atomic E-state index is -0.468. The minimum absolute atomic E-state index is 0.271. The Balaban J connectivity index is 2.19. The summed E-state index contributed by atoms with van der Waals surface area (Å²) >= 11 is 0. The molecule has 0 aromatic carbocycles. The van der Waals surface area contributed by atoms with E-state index in [-0.39, 0.29) is 16.9 Å². The van der Waals surface area contributed by atoms with Gasteiger partial charge in [0.1, 0.15) is 0 Å². The molecule has 1 aromatic heterocycles. The van der Waals surface area contributed by atoms with E-state index in [1.54, 1.807) is 30.4 Å². The molecule has 0 unspecified atom stereocenters. The summed E-state index contributed by atoms with van der Waals surface area (Å²) in [4.78, 5) is 15.7. The normalized spacial score (nSPS) is 20.0. The second-order valence-electron chi connectivity index (χ2n) is 5.92. The second kappa shape index (κ2) is 5.62. The summed E-state index contributed by atoms with van der Waals surface area (Å²) in [5, 5.41) is 0. The molecule has 1 aliphatic rings. The molecule has 0 N–H and O–H groups in total. The van der Waals surface area contributed by atoms with Crippen LogP contribution in [0.3, 0.4) is 0 Å².